The lowest BCUT2D eigenvalue weighted by molar-refractivity contribution is -0.115. The van der Waals surface area contributed by atoms with Crippen LogP contribution in [0.5, 0.6) is 0 Å². The number of hydrogen-bond acceptors (Lipinski definition) is 5. The number of thiophene rings is 1. The lowest BCUT2D eigenvalue weighted by Gasteiger charge is -2.02. The summed E-state index contributed by atoms with van der Waals surface area (Å²) in [5, 5.41) is 6.46. The number of likely N-dealkylation sites (N-methyl/N-ethyl adjacent to an activating group) is 1. The highest BCUT2D eigenvalue weighted by Gasteiger charge is 2.16. The number of fused-ring (bicyclic) bond motifs is 2. The Bertz CT molecular complexity index is 1090. The molecule has 0 atom stereocenters. The SMILES string of the molecule is CNC(=O)/C=C/c1cnc(N)c2c(-c3cc4ccccc4o3)csc12. The molecule has 3 heterocycles. The van der Waals surface area contributed by atoms with Crippen molar-refractivity contribution in [3.8, 4) is 11.3 Å². The molecule has 0 unspecified atom stereocenters. The highest BCUT2D eigenvalue weighted by Crippen LogP contribution is 2.40. The molecule has 3 aromatic heterocycles. The summed E-state index contributed by atoms with van der Waals surface area (Å²) >= 11 is 1.56. The summed E-state index contributed by atoms with van der Waals surface area (Å²) in [6.07, 6.45) is 4.90. The minimum Gasteiger partial charge on any atom is -0.456 e. The topological polar surface area (TPSA) is 81.2 Å². The summed E-state index contributed by atoms with van der Waals surface area (Å²) in [5.74, 6) is 1.04. The van der Waals surface area contributed by atoms with Gasteiger partial charge in [-0.3, -0.25) is 4.79 Å². The van der Waals surface area contributed by atoms with Crippen LogP contribution in [-0.4, -0.2) is 17.9 Å². The monoisotopic (exact) mass is 349 g/mol. The van der Waals surface area contributed by atoms with Crippen molar-refractivity contribution in [2.45, 2.75) is 0 Å². The molecule has 0 aliphatic rings. The van der Waals surface area contributed by atoms with Gasteiger partial charge in [-0.1, -0.05) is 18.2 Å². The quantitative estimate of drug-likeness (QED) is 0.547. The molecule has 1 aromatic carbocycles. The van der Waals surface area contributed by atoms with E-state index >= 15 is 0 Å². The molecule has 0 aliphatic carbocycles. The number of amides is 1. The van der Waals surface area contributed by atoms with Crippen LogP contribution >= 0.6 is 11.3 Å². The first kappa shape index (κ1) is 15.4. The van der Waals surface area contributed by atoms with E-state index in [4.69, 9.17) is 10.2 Å². The molecule has 0 radical (unpaired) electrons. The van der Waals surface area contributed by atoms with Crippen molar-refractivity contribution in [3.63, 3.8) is 0 Å². The number of para-hydroxylation sites is 1. The number of carbonyl (C=O) groups excluding carboxylic acids is 1. The third kappa shape index (κ3) is 2.66. The summed E-state index contributed by atoms with van der Waals surface area (Å²) in [6, 6.07) is 9.87. The van der Waals surface area contributed by atoms with Gasteiger partial charge >= 0.3 is 0 Å². The van der Waals surface area contributed by atoms with Gasteiger partial charge in [0.15, 0.2) is 0 Å². The Kier molecular flexibility index (Phi) is 3.74. The van der Waals surface area contributed by atoms with Crippen molar-refractivity contribution in [1.82, 2.24) is 10.3 Å². The van der Waals surface area contributed by atoms with Crippen molar-refractivity contribution in [3.05, 3.63) is 53.5 Å². The Morgan fingerprint density at radius 1 is 1.36 bits per heavy atom. The molecular formula is C19H15N3O2S. The molecule has 0 fully saturated rings. The average molecular weight is 349 g/mol. The second-order valence-corrected chi connectivity index (χ2v) is 6.43. The van der Waals surface area contributed by atoms with Gasteiger partial charge in [-0.15, -0.1) is 11.3 Å². The molecule has 0 saturated heterocycles. The predicted octanol–water partition coefficient (Wildman–Crippen LogP) is 4.05. The fourth-order valence-electron chi connectivity index (χ4n) is 2.75. The Morgan fingerprint density at radius 2 is 2.20 bits per heavy atom. The predicted molar refractivity (Wildman–Crippen MR) is 102 cm³/mol. The van der Waals surface area contributed by atoms with Gasteiger partial charge < -0.3 is 15.5 Å². The summed E-state index contributed by atoms with van der Waals surface area (Å²) < 4.78 is 6.95. The van der Waals surface area contributed by atoms with E-state index in [-0.39, 0.29) is 5.91 Å². The largest absolute Gasteiger partial charge is 0.456 e. The molecule has 25 heavy (non-hydrogen) atoms. The number of nitrogens with one attached hydrogen (secondary N) is 1. The zero-order valence-corrected chi connectivity index (χ0v) is 14.3. The van der Waals surface area contributed by atoms with E-state index in [0.717, 1.165) is 37.9 Å². The van der Waals surface area contributed by atoms with E-state index in [1.165, 1.54) is 6.08 Å². The number of nitrogens with zero attached hydrogens (tertiary/aromatic N) is 1. The molecule has 0 bridgehead atoms. The second kappa shape index (κ2) is 6.07. The fraction of sp³-hybridized carbons (Fsp3) is 0.0526. The van der Waals surface area contributed by atoms with Crippen LogP contribution in [-0.2, 0) is 4.79 Å². The maximum atomic E-state index is 11.5. The van der Waals surface area contributed by atoms with Crippen molar-refractivity contribution in [2.75, 3.05) is 12.8 Å². The van der Waals surface area contributed by atoms with Gasteiger partial charge in [0.05, 0.1) is 0 Å². The van der Waals surface area contributed by atoms with Gasteiger partial charge in [-0.05, 0) is 18.2 Å². The molecule has 5 nitrogen and oxygen atoms in total. The highest BCUT2D eigenvalue weighted by atomic mass is 32.1. The van der Waals surface area contributed by atoms with Crippen molar-refractivity contribution < 1.29 is 9.21 Å². The molecule has 3 N–H and O–H groups in total. The van der Waals surface area contributed by atoms with Gasteiger partial charge in [0, 0.05) is 51.3 Å². The molecule has 6 heteroatoms. The standard InChI is InChI=1S/C19H15N3O2S/c1-21-16(23)7-6-12-9-22-19(20)17-13(10-25-18(12)17)15-8-11-4-2-3-5-14(11)24-15/h2-10H,1H3,(H2,20,22)(H,21,23)/b7-6+. The number of aromatic nitrogens is 1. The third-order valence-electron chi connectivity index (χ3n) is 4.00. The molecule has 124 valence electrons. The minimum atomic E-state index is -0.168. The van der Waals surface area contributed by atoms with Crippen LogP contribution in [0.25, 0.3) is 38.5 Å². The average Bonchev–Trinajstić information content (AvgIpc) is 3.25. The van der Waals surface area contributed by atoms with E-state index in [0.29, 0.717) is 5.82 Å². The second-order valence-electron chi connectivity index (χ2n) is 5.55. The molecule has 4 rings (SSSR count). The van der Waals surface area contributed by atoms with E-state index < -0.39 is 0 Å². The van der Waals surface area contributed by atoms with E-state index in [1.54, 1.807) is 30.7 Å². The van der Waals surface area contributed by atoms with E-state index in [1.807, 2.05) is 35.7 Å². The van der Waals surface area contributed by atoms with Gasteiger partial charge in [-0.2, -0.15) is 0 Å². The van der Waals surface area contributed by atoms with Crippen LogP contribution in [0.2, 0.25) is 0 Å². The Hall–Kier alpha value is -3.12. The molecule has 0 saturated carbocycles. The zero-order chi connectivity index (χ0) is 17.4. The van der Waals surface area contributed by atoms with Crippen LogP contribution in [0.3, 0.4) is 0 Å². The molecule has 0 aliphatic heterocycles. The highest BCUT2D eigenvalue weighted by molar-refractivity contribution is 7.18. The maximum absolute atomic E-state index is 11.5. The van der Waals surface area contributed by atoms with E-state index in [9.17, 15) is 4.79 Å². The van der Waals surface area contributed by atoms with E-state index in [2.05, 4.69) is 10.3 Å². The van der Waals surface area contributed by atoms with Gasteiger partial charge in [0.2, 0.25) is 5.91 Å². The first-order chi connectivity index (χ1) is 12.2. The van der Waals surface area contributed by atoms with Crippen LogP contribution in [0, 0.1) is 0 Å². The Labute approximate surface area is 147 Å². The molecular weight excluding hydrogens is 334 g/mol. The number of rotatable bonds is 3. The number of benzene rings is 1. The van der Waals surface area contributed by atoms with Crippen molar-refractivity contribution in [1.29, 1.82) is 0 Å². The molecule has 1 amide bonds. The lowest BCUT2D eigenvalue weighted by atomic mass is 10.1. The zero-order valence-electron chi connectivity index (χ0n) is 13.4. The van der Waals surface area contributed by atoms with Crippen molar-refractivity contribution in [2.24, 2.45) is 0 Å². The minimum absolute atomic E-state index is 0.168. The normalized spacial score (nSPS) is 11.6. The fourth-order valence-corrected chi connectivity index (χ4v) is 3.81. The summed E-state index contributed by atoms with van der Waals surface area (Å²) in [7, 11) is 1.59. The van der Waals surface area contributed by atoms with Crippen molar-refractivity contribution >= 4 is 50.2 Å². The number of pyridine rings is 1. The molecule has 4 aromatic rings. The van der Waals surface area contributed by atoms with Crippen LogP contribution in [0.15, 0.2) is 52.4 Å². The third-order valence-corrected chi connectivity index (χ3v) is 5.03. The number of nitrogens with two attached hydrogens (primary N) is 1. The summed E-state index contributed by atoms with van der Waals surface area (Å²) in [4.78, 5) is 15.7. The van der Waals surface area contributed by atoms with Crippen LogP contribution < -0.4 is 11.1 Å². The first-order valence-electron chi connectivity index (χ1n) is 7.72. The summed E-state index contributed by atoms with van der Waals surface area (Å²) in [5.41, 5.74) is 8.73. The number of carbonyl (C=O) groups is 1. The van der Waals surface area contributed by atoms with Crippen LogP contribution in [0.1, 0.15) is 5.56 Å². The Morgan fingerprint density at radius 3 is 3.00 bits per heavy atom. The number of furan rings is 1. The number of hydrogen-bond donors (Lipinski definition) is 2. The molecule has 0 spiro atoms. The van der Waals surface area contributed by atoms with Gasteiger partial charge in [0.1, 0.15) is 17.2 Å². The maximum Gasteiger partial charge on any atom is 0.243 e. The first-order valence-corrected chi connectivity index (χ1v) is 8.60. The number of anilines is 1. The van der Waals surface area contributed by atoms with Crippen LogP contribution in [0.4, 0.5) is 5.82 Å². The Balaban J connectivity index is 1.88. The lowest BCUT2D eigenvalue weighted by Crippen LogP contribution is -2.13. The summed E-state index contributed by atoms with van der Waals surface area (Å²) in [6.45, 7) is 0. The smallest absolute Gasteiger partial charge is 0.243 e. The number of nitrogen functional groups attached to an aromatic ring is 1. The van der Waals surface area contributed by atoms with Gasteiger partial charge in [-0.25, -0.2) is 4.98 Å². The van der Waals surface area contributed by atoms with Gasteiger partial charge in [0.25, 0.3) is 0 Å².